The molecule has 2 heterocycles. The Morgan fingerprint density at radius 1 is 1.39 bits per heavy atom. The maximum absolute atomic E-state index is 12.6. The van der Waals surface area contributed by atoms with E-state index in [0.29, 0.717) is 26.1 Å². The Morgan fingerprint density at radius 3 is 2.96 bits per heavy atom. The van der Waals surface area contributed by atoms with E-state index in [9.17, 15) is 9.59 Å². The lowest BCUT2D eigenvalue weighted by atomic mass is 10.1. The monoisotopic (exact) mass is 316 g/mol. The summed E-state index contributed by atoms with van der Waals surface area (Å²) >= 11 is 0. The first-order valence-electron chi connectivity index (χ1n) is 7.72. The van der Waals surface area contributed by atoms with Gasteiger partial charge in [-0.15, -0.1) is 0 Å². The molecular formula is C17H20N2O4. The summed E-state index contributed by atoms with van der Waals surface area (Å²) in [6, 6.07) is 7.92. The summed E-state index contributed by atoms with van der Waals surface area (Å²) in [6.45, 7) is 3.20. The highest BCUT2D eigenvalue weighted by Gasteiger charge is 2.26. The van der Waals surface area contributed by atoms with Crippen molar-refractivity contribution in [2.45, 2.75) is 25.9 Å². The van der Waals surface area contributed by atoms with Gasteiger partial charge in [0, 0.05) is 29.7 Å². The number of nitrogens with one attached hydrogen (secondary N) is 1. The van der Waals surface area contributed by atoms with Gasteiger partial charge < -0.3 is 19.7 Å². The second kappa shape index (κ2) is 6.42. The van der Waals surface area contributed by atoms with Crippen LogP contribution in [0, 0.1) is 6.92 Å². The van der Waals surface area contributed by atoms with Gasteiger partial charge in [0.15, 0.2) is 0 Å². The molecule has 1 aromatic heterocycles. The fourth-order valence-electron chi connectivity index (χ4n) is 3.09. The molecule has 1 aliphatic heterocycles. The highest BCUT2D eigenvalue weighted by atomic mass is 16.5. The largest absolute Gasteiger partial charge is 0.481 e. The number of aliphatic carboxylic acids is 1. The Bertz CT molecular complexity index is 737. The summed E-state index contributed by atoms with van der Waals surface area (Å²) in [4.78, 5) is 28.4. The van der Waals surface area contributed by atoms with Crippen LogP contribution in [0.5, 0.6) is 0 Å². The zero-order valence-electron chi connectivity index (χ0n) is 13.0. The van der Waals surface area contributed by atoms with Crippen LogP contribution in [0.3, 0.4) is 0 Å². The van der Waals surface area contributed by atoms with Crippen LogP contribution in [-0.2, 0) is 20.7 Å². The van der Waals surface area contributed by atoms with E-state index in [0.717, 1.165) is 22.2 Å². The van der Waals surface area contributed by atoms with E-state index in [2.05, 4.69) is 4.98 Å². The molecule has 6 heteroatoms. The fourth-order valence-corrected chi connectivity index (χ4v) is 3.09. The van der Waals surface area contributed by atoms with Crippen LogP contribution < -0.4 is 0 Å². The first kappa shape index (κ1) is 15.6. The molecule has 0 bridgehead atoms. The molecule has 1 atom stereocenters. The first-order chi connectivity index (χ1) is 11.0. The number of carbonyl (C=O) groups is 2. The zero-order chi connectivity index (χ0) is 16.4. The van der Waals surface area contributed by atoms with E-state index in [1.807, 2.05) is 31.2 Å². The Kier molecular flexibility index (Phi) is 4.34. The van der Waals surface area contributed by atoms with Crippen LogP contribution in [0.4, 0.5) is 0 Å². The number of fused-ring (bicyclic) bond motifs is 1. The lowest BCUT2D eigenvalue weighted by Gasteiger charge is -2.32. The highest BCUT2D eigenvalue weighted by molar-refractivity contribution is 5.90. The number of aryl methyl sites for hydroxylation is 1. The van der Waals surface area contributed by atoms with Gasteiger partial charge in [-0.3, -0.25) is 9.59 Å². The highest BCUT2D eigenvalue weighted by Crippen LogP contribution is 2.23. The Balaban J connectivity index is 1.73. The number of hydrogen-bond donors (Lipinski definition) is 2. The number of hydrogen-bond acceptors (Lipinski definition) is 3. The number of aromatic nitrogens is 1. The van der Waals surface area contributed by atoms with E-state index in [4.69, 9.17) is 9.84 Å². The third-order valence-electron chi connectivity index (χ3n) is 4.25. The molecular weight excluding hydrogens is 296 g/mol. The summed E-state index contributed by atoms with van der Waals surface area (Å²) in [5.74, 6) is -0.895. The van der Waals surface area contributed by atoms with E-state index < -0.39 is 12.1 Å². The third kappa shape index (κ3) is 3.37. The van der Waals surface area contributed by atoms with Crippen LogP contribution in [-0.4, -0.2) is 52.7 Å². The molecule has 122 valence electrons. The number of rotatable bonds is 4. The number of aromatic amines is 1. The molecule has 6 nitrogen and oxygen atoms in total. The van der Waals surface area contributed by atoms with E-state index in [1.165, 1.54) is 0 Å². The molecule has 0 saturated carbocycles. The number of carboxylic acid groups (broad SMARTS) is 1. The minimum absolute atomic E-state index is 0.0107. The second-order valence-corrected chi connectivity index (χ2v) is 5.88. The van der Waals surface area contributed by atoms with E-state index in [-0.39, 0.29) is 12.3 Å². The Hall–Kier alpha value is -2.34. The van der Waals surface area contributed by atoms with Gasteiger partial charge in [-0.1, -0.05) is 18.2 Å². The molecule has 0 radical (unpaired) electrons. The van der Waals surface area contributed by atoms with E-state index in [1.54, 1.807) is 4.90 Å². The van der Waals surface area contributed by atoms with Gasteiger partial charge in [0.05, 0.1) is 25.6 Å². The molecule has 3 rings (SSSR count). The quantitative estimate of drug-likeness (QED) is 0.900. The van der Waals surface area contributed by atoms with E-state index >= 15 is 0 Å². The summed E-state index contributed by atoms with van der Waals surface area (Å²) in [5.41, 5.74) is 3.03. The normalized spacial score (nSPS) is 18.3. The predicted octanol–water partition coefficient (Wildman–Crippen LogP) is 1.72. The van der Waals surface area contributed by atoms with Gasteiger partial charge in [-0.2, -0.15) is 0 Å². The minimum atomic E-state index is -0.906. The van der Waals surface area contributed by atoms with Crippen molar-refractivity contribution >= 4 is 22.8 Å². The predicted molar refractivity (Wildman–Crippen MR) is 85.3 cm³/mol. The third-order valence-corrected chi connectivity index (χ3v) is 4.25. The number of amides is 1. The molecule has 1 aromatic carbocycles. The maximum atomic E-state index is 12.6. The number of para-hydroxylation sites is 1. The Morgan fingerprint density at radius 2 is 2.17 bits per heavy atom. The molecule has 1 saturated heterocycles. The van der Waals surface area contributed by atoms with Crippen LogP contribution in [0.1, 0.15) is 17.7 Å². The standard InChI is InChI=1S/C17H20N2O4/c1-11-14(13-4-2-3-5-15(13)18-11)9-16(20)19-6-7-23-12(10-19)8-17(21)22/h2-5,12,18H,6-10H2,1H3,(H,21,22). The van der Waals surface area contributed by atoms with Crippen molar-refractivity contribution in [1.82, 2.24) is 9.88 Å². The van der Waals surface area contributed by atoms with Gasteiger partial charge in [-0.05, 0) is 18.6 Å². The smallest absolute Gasteiger partial charge is 0.306 e. The van der Waals surface area contributed by atoms with Gasteiger partial charge in [0.1, 0.15) is 0 Å². The van der Waals surface area contributed by atoms with Gasteiger partial charge >= 0.3 is 5.97 Å². The van der Waals surface area contributed by atoms with Crippen molar-refractivity contribution in [1.29, 1.82) is 0 Å². The van der Waals surface area contributed by atoms with Crippen LogP contribution in [0.15, 0.2) is 24.3 Å². The fraction of sp³-hybridized carbons (Fsp3) is 0.412. The topological polar surface area (TPSA) is 82.6 Å². The van der Waals surface area contributed by atoms with Crippen molar-refractivity contribution in [3.63, 3.8) is 0 Å². The van der Waals surface area contributed by atoms with Crippen molar-refractivity contribution in [2.24, 2.45) is 0 Å². The number of H-pyrrole nitrogens is 1. The second-order valence-electron chi connectivity index (χ2n) is 5.88. The molecule has 23 heavy (non-hydrogen) atoms. The average Bonchev–Trinajstić information content (AvgIpc) is 2.83. The van der Waals surface area contributed by atoms with Crippen LogP contribution >= 0.6 is 0 Å². The van der Waals surface area contributed by atoms with Crippen LogP contribution in [0.2, 0.25) is 0 Å². The van der Waals surface area contributed by atoms with Crippen molar-refractivity contribution < 1.29 is 19.4 Å². The summed E-state index contributed by atoms with van der Waals surface area (Å²) in [5, 5.41) is 9.93. The molecule has 0 aliphatic carbocycles. The van der Waals surface area contributed by atoms with Gasteiger partial charge in [0.2, 0.25) is 5.91 Å². The average molecular weight is 316 g/mol. The summed E-state index contributed by atoms with van der Waals surface area (Å²) in [6.07, 6.45) is -0.180. The summed E-state index contributed by atoms with van der Waals surface area (Å²) < 4.78 is 5.42. The minimum Gasteiger partial charge on any atom is -0.481 e. The Labute approximate surface area is 134 Å². The van der Waals surface area contributed by atoms with Crippen molar-refractivity contribution in [3.05, 3.63) is 35.5 Å². The number of carboxylic acids is 1. The summed E-state index contributed by atoms with van der Waals surface area (Å²) in [7, 11) is 0. The lowest BCUT2D eigenvalue weighted by Crippen LogP contribution is -2.46. The SMILES string of the molecule is Cc1[nH]c2ccccc2c1CC(=O)N1CCOC(CC(=O)O)C1. The maximum Gasteiger partial charge on any atom is 0.306 e. The van der Waals surface area contributed by atoms with Gasteiger partial charge in [-0.25, -0.2) is 0 Å². The molecule has 1 aliphatic rings. The molecule has 1 fully saturated rings. The molecule has 2 N–H and O–H groups in total. The molecule has 2 aromatic rings. The van der Waals surface area contributed by atoms with Gasteiger partial charge in [0.25, 0.3) is 0 Å². The lowest BCUT2D eigenvalue weighted by molar-refractivity contribution is -0.147. The molecule has 1 unspecified atom stereocenters. The number of nitrogens with zero attached hydrogens (tertiary/aromatic N) is 1. The van der Waals surface area contributed by atoms with Crippen molar-refractivity contribution in [2.75, 3.05) is 19.7 Å². The zero-order valence-corrected chi connectivity index (χ0v) is 13.0. The first-order valence-corrected chi connectivity index (χ1v) is 7.72. The molecule has 0 spiro atoms. The van der Waals surface area contributed by atoms with Crippen molar-refractivity contribution in [3.8, 4) is 0 Å². The number of morpholine rings is 1. The van der Waals surface area contributed by atoms with Crippen LogP contribution in [0.25, 0.3) is 10.9 Å². The number of benzene rings is 1. The molecule has 1 amide bonds. The number of carbonyl (C=O) groups excluding carboxylic acids is 1. The number of ether oxygens (including phenoxy) is 1.